The first-order valence-corrected chi connectivity index (χ1v) is 30.4. The lowest BCUT2D eigenvalue weighted by Gasteiger charge is -2.39. The minimum Gasteiger partial charge on any atom is -0.497 e. The molecule has 0 aliphatic carbocycles. The van der Waals surface area contributed by atoms with Crippen molar-refractivity contribution in [2.45, 2.75) is 108 Å². The number of hydrogen-bond donors (Lipinski definition) is 5. The number of amides is 2. The molecule has 2 unspecified atom stereocenters. The van der Waals surface area contributed by atoms with Crippen molar-refractivity contribution in [2.75, 3.05) is 63.7 Å². The number of ether oxygens (including phenoxy) is 6. The molecule has 2 amide bonds. The van der Waals surface area contributed by atoms with Gasteiger partial charge in [-0.2, -0.15) is 10.2 Å². The van der Waals surface area contributed by atoms with Crippen molar-refractivity contribution in [3.63, 3.8) is 0 Å². The Bertz CT molecular complexity index is 3460. The largest absolute Gasteiger partial charge is 0.497 e. The third-order valence-corrected chi connectivity index (χ3v) is 17.5. The van der Waals surface area contributed by atoms with Crippen LogP contribution in [0.15, 0.2) is 130 Å². The van der Waals surface area contributed by atoms with Crippen molar-refractivity contribution in [3.8, 4) is 23.3 Å². The van der Waals surface area contributed by atoms with Gasteiger partial charge in [0.15, 0.2) is 12.4 Å². The summed E-state index contributed by atoms with van der Waals surface area (Å²) in [5.41, 5.74) is -1.78. The topological polar surface area (TPSA) is 316 Å². The number of carbonyl (C=O) groups excluding carboxylic acids is 2. The number of nitrogens with zero attached hydrogens (tertiary/aromatic N) is 4. The van der Waals surface area contributed by atoms with Gasteiger partial charge in [-0.05, 0) is 87.7 Å². The van der Waals surface area contributed by atoms with Crippen LogP contribution in [0.3, 0.4) is 0 Å². The van der Waals surface area contributed by atoms with Crippen LogP contribution in [-0.2, 0) is 56.6 Å². The third-order valence-electron chi connectivity index (χ3n) is 14.0. The van der Waals surface area contributed by atoms with E-state index in [0.717, 1.165) is 7.11 Å². The fourth-order valence-corrected chi connectivity index (χ4v) is 12.7. The number of benzene rings is 4. The first-order valence-electron chi connectivity index (χ1n) is 27.8. The van der Waals surface area contributed by atoms with Gasteiger partial charge in [0.05, 0.1) is 52.6 Å². The average molecular weight is 1240 g/mol. The summed E-state index contributed by atoms with van der Waals surface area (Å²) in [6.45, 7) is 8.29. The SMILES string of the molecule is COc1ccc(C(O[C@H]2C[C@@H](Nc3nc(NC(=O)COc4ccccc4)[nH]c(=O)c3NC=O)O[C@@H]2COP(=O)(OC)O[C@H]2C[C@H](n3cc(C)c(=O)[nH]c3=O)O[C@@H]2COP(OCCC#N)N(C(C)C)C(C)C)(c2ccccc2)c2ccc(OC)cc2)cc1. The van der Waals surface area contributed by atoms with E-state index in [1.54, 1.807) is 68.8 Å². The van der Waals surface area contributed by atoms with Crippen LogP contribution in [0.5, 0.6) is 17.2 Å². The molecule has 4 aromatic carbocycles. The minimum absolute atomic E-state index is 0.0528. The molecule has 28 heteroatoms. The summed E-state index contributed by atoms with van der Waals surface area (Å²) in [4.78, 5) is 73.9. The fraction of sp³-hybridized carbons (Fsp3) is 0.407. The zero-order chi connectivity index (χ0) is 62.3. The van der Waals surface area contributed by atoms with Crippen molar-refractivity contribution in [1.82, 2.24) is 24.2 Å². The minimum atomic E-state index is -4.73. The van der Waals surface area contributed by atoms with Crippen LogP contribution in [0.2, 0.25) is 0 Å². The maximum absolute atomic E-state index is 15.2. The molecule has 464 valence electrons. The number of nitrogens with one attached hydrogen (secondary N) is 5. The van der Waals surface area contributed by atoms with Gasteiger partial charge in [-0.3, -0.25) is 52.6 Å². The van der Waals surface area contributed by atoms with Crippen LogP contribution in [0.25, 0.3) is 0 Å². The third kappa shape index (κ3) is 16.3. The second kappa shape index (κ2) is 30.3. The van der Waals surface area contributed by atoms with Crippen LogP contribution in [-0.4, -0.2) is 127 Å². The highest BCUT2D eigenvalue weighted by Crippen LogP contribution is 2.54. The lowest BCUT2D eigenvalue weighted by Crippen LogP contribution is -2.41. The number of aromatic amines is 2. The number of aromatic nitrogens is 4. The molecule has 4 heterocycles. The number of carbonyl (C=O) groups is 2. The second-order valence-electron chi connectivity index (χ2n) is 20.5. The predicted molar refractivity (Wildman–Crippen MR) is 320 cm³/mol. The highest BCUT2D eigenvalue weighted by atomic mass is 31.2. The summed E-state index contributed by atoms with van der Waals surface area (Å²) in [7, 11) is -2.31. The predicted octanol–water partition coefficient (Wildman–Crippen LogP) is 7.87. The Morgan fingerprint density at radius 3 is 2.05 bits per heavy atom. The monoisotopic (exact) mass is 1240 g/mol. The van der Waals surface area contributed by atoms with Gasteiger partial charge in [-0.1, -0.05) is 72.8 Å². The molecular weight excluding hydrogens is 1170 g/mol. The molecule has 0 radical (unpaired) electrons. The molecule has 0 saturated carbocycles. The number of hydrogen-bond acceptors (Lipinski definition) is 21. The van der Waals surface area contributed by atoms with Gasteiger partial charge in [-0.25, -0.2) is 14.0 Å². The summed E-state index contributed by atoms with van der Waals surface area (Å²) in [6.07, 6.45) is -5.12. The van der Waals surface area contributed by atoms with Crippen molar-refractivity contribution in [1.29, 1.82) is 5.26 Å². The Labute approximate surface area is 503 Å². The number of para-hydroxylation sites is 1. The lowest BCUT2D eigenvalue weighted by molar-refractivity contribution is -0.118. The number of aryl methyl sites for hydroxylation is 1. The number of methoxy groups -OCH3 is 2. The van der Waals surface area contributed by atoms with Crippen LogP contribution in [0.4, 0.5) is 17.5 Å². The quantitative estimate of drug-likeness (QED) is 0.0120. The van der Waals surface area contributed by atoms with E-state index in [1.807, 2.05) is 87.0 Å². The lowest BCUT2D eigenvalue weighted by atomic mass is 9.79. The summed E-state index contributed by atoms with van der Waals surface area (Å²) in [6, 6.07) is 34.6. The van der Waals surface area contributed by atoms with Gasteiger partial charge < -0.3 is 48.1 Å². The van der Waals surface area contributed by atoms with E-state index >= 15 is 4.57 Å². The molecular formula is C59H71N9O17P2. The number of phosphoric acid groups is 1. The van der Waals surface area contributed by atoms with E-state index in [9.17, 15) is 29.2 Å². The van der Waals surface area contributed by atoms with E-state index in [0.29, 0.717) is 33.9 Å². The van der Waals surface area contributed by atoms with Crippen molar-refractivity contribution < 1.29 is 65.2 Å². The number of H-pyrrole nitrogens is 2. The number of rotatable bonds is 31. The molecule has 8 rings (SSSR count). The molecule has 8 atom stereocenters. The molecule has 6 aromatic rings. The Hall–Kier alpha value is -7.63. The molecule has 87 heavy (non-hydrogen) atoms. The van der Waals surface area contributed by atoms with Gasteiger partial charge in [0, 0.05) is 43.8 Å². The van der Waals surface area contributed by atoms with E-state index in [-0.39, 0.29) is 74.0 Å². The molecule has 2 aromatic heterocycles. The van der Waals surface area contributed by atoms with E-state index in [1.165, 1.54) is 17.7 Å². The number of phosphoric ester groups is 1. The zero-order valence-electron chi connectivity index (χ0n) is 49.2. The summed E-state index contributed by atoms with van der Waals surface area (Å²) in [5.74, 6) is 0.387. The number of nitriles is 1. The second-order valence-corrected chi connectivity index (χ2v) is 23.7. The Balaban J connectivity index is 1.15. The smallest absolute Gasteiger partial charge is 0.474 e. The van der Waals surface area contributed by atoms with Gasteiger partial charge in [0.25, 0.3) is 25.6 Å². The van der Waals surface area contributed by atoms with Crippen LogP contribution in [0.1, 0.15) is 75.4 Å². The van der Waals surface area contributed by atoms with Crippen molar-refractivity contribution >= 4 is 46.1 Å². The van der Waals surface area contributed by atoms with Gasteiger partial charge >= 0.3 is 13.5 Å². The van der Waals surface area contributed by atoms with Gasteiger partial charge in [0.2, 0.25) is 12.4 Å². The van der Waals surface area contributed by atoms with Crippen LogP contribution in [0, 0.1) is 18.3 Å². The summed E-state index contributed by atoms with van der Waals surface area (Å²) >= 11 is 0. The van der Waals surface area contributed by atoms with Crippen molar-refractivity contribution in [3.05, 3.63) is 169 Å². The summed E-state index contributed by atoms with van der Waals surface area (Å²) < 4.78 is 86.8. The fourth-order valence-electron chi connectivity index (χ4n) is 9.99. The van der Waals surface area contributed by atoms with E-state index in [2.05, 4.69) is 37.0 Å². The molecule has 2 fully saturated rings. The normalized spacial score (nSPS) is 19.5. The molecule has 5 N–H and O–H groups in total. The first-order chi connectivity index (χ1) is 41.9. The standard InChI is InChI=1S/C59H71N9O17P2/c1-37(2)68(38(3)4)86(79-29-15-28-60)80-33-48-47(31-52(83-48)67-32-39(5)55(71)66-58(67)73)85-87(74,77-8)81-34-49-46(84-59(40-16-11-9-12-17-40,41-20-24-43(75-6)25-21-41)42-22-26-44(76-7)27-23-42)30-51(82-49)63-54-53(61-36-69)56(72)65-57(64-54)62-50(70)35-78-45-18-13-10-14-19-45/h9-14,16-27,32,36-38,46-49,51-52H,15,29-31,33-35H2,1-8H3,(H,61,69)(H,66,71,73)(H3,62,63,64,65,70,72)/t46-,47-,48+,49+,51-,52+,86?,87?/m0/s1. The maximum Gasteiger partial charge on any atom is 0.474 e. The van der Waals surface area contributed by atoms with Crippen LogP contribution < -0.4 is 47.0 Å². The highest BCUT2D eigenvalue weighted by Gasteiger charge is 2.49. The highest BCUT2D eigenvalue weighted by molar-refractivity contribution is 7.48. The molecule has 2 aliphatic rings. The zero-order valence-corrected chi connectivity index (χ0v) is 51.0. The van der Waals surface area contributed by atoms with Crippen molar-refractivity contribution in [2.24, 2.45) is 0 Å². The molecule has 0 spiro atoms. The molecule has 26 nitrogen and oxygen atoms in total. The van der Waals surface area contributed by atoms with Crippen LogP contribution >= 0.6 is 16.3 Å². The van der Waals surface area contributed by atoms with Gasteiger partial charge in [0.1, 0.15) is 59.3 Å². The average Bonchev–Trinajstić information content (AvgIpc) is 2.06. The summed E-state index contributed by atoms with van der Waals surface area (Å²) in [5, 5.41) is 17.4. The Morgan fingerprint density at radius 2 is 1.45 bits per heavy atom. The molecule has 2 aliphatic heterocycles. The maximum atomic E-state index is 15.2. The Kier molecular flexibility index (Phi) is 22.8. The molecule has 2 saturated heterocycles. The van der Waals surface area contributed by atoms with E-state index < -0.39 is 94.8 Å². The van der Waals surface area contributed by atoms with Gasteiger partial charge in [-0.15, -0.1) is 0 Å². The first kappa shape index (κ1) is 65.3. The Morgan fingerprint density at radius 1 is 0.828 bits per heavy atom. The molecule has 0 bridgehead atoms. The number of anilines is 3. The van der Waals surface area contributed by atoms with E-state index in [4.69, 9.17) is 51.0 Å².